The van der Waals surface area contributed by atoms with E-state index in [9.17, 15) is 23.1 Å². The van der Waals surface area contributed by atoms with Crippen molar-refractivity contribution in [1.29, 1.82) is 0 Å². The first-order chi connectivity index (χ1) is 14.7. The molecule has 1 saturated heterocycles. The van der Waals surface area contributed by atoms with Crippen LogP contribution < -0.4 is 5.32 Å². The molecular formula is C22H29ClF3N3O2S. The van der Waals surface area contributed by atoms with Crippen molar-refractivity contribution in [3.05, 3.63) is 34.9 Å². The van der Waals surface area contributed by atoms with E-state index < -0.39 is 29.3 Å². The van der Waals surface area contributed by atoms with Gasteiger partial charge in [-0.2, -0.15) is 13.2 Å². The summed E-state index contributed by atoms with van der Waals surface area (Å²) in [6.45, 7) is 8.14. The molecule has 0 bridgehead atoms. The van der Waals surface area contributed by atoms with E-state index in [4.69, 9.17) is 11.6 Å². The molecule has 1 fully saturated rings. The van der Waals surface area contributed by atoms with E-state index in [0.717, 1.165) is 17.3 Å². The van der Waals surface area contributed by atoms with Crippen LogP contribution in [-0.4, -0.2) is 58.2 Å². The van der Waals surface area contributed by atoms with Crippen molar-refractivity contribution in [2.24, 2.45) is 16.3 Å². The second-order valence-electron chi connectivity index (χ2n) is 9.43. The molecule has 1 amide bonds. The van der Waals surface area contributed by atoms with Gasteiger partial charge in [0.1, 0.15) is 6.04 Å². The Hall–Kier alpha value is -1.45. The molecule has 5 nitrogen and oxygen atoms in total. The van der Waals surface area contributed by atoms with Gasteiger partial charge in [-0.25, -0.2) is 4.99 Å². The summed E-state index contributed by atoms with van der Waals surface area (Å²) in [6.07, 6.45) is -4.05. The van der Waals surface area contributed by atoms with Crippen LogP contribution in [0.4, 0.5) is 13.2 Å². The fraction of sp³-hybridized carbons (Fsp3) is 0.636. The average molecular weight is 492 g/mol. The van der Waals surface area contributed by atoms with Crippen molar-refractivity contribution in [1.82, 2.24) is 10.2 Å². The van der Waals surface area contributed by atoms with Gasteiger partial charge in [0.25, 0.3) is 0 Å². The number of hydrogen-bond donors (Lipinski definition) is 2. The number of carbonyl (C=O) groups excluding carboxylic acids is 1. The van der Waals surface area contributed by atoms with Gasteiger partial charge < -0.3 is 15.3 Å². The lowest BCUT2D eigenvalue weighted by Crippen LogP contribution is -2.60. The van der Waals surface area contributed by atoms with Crippen LogP contribution in [0.25, 0.3) is 0 Å². The van der Waals surface area contributed by atoms with Crippen molar-refractivity contribution >= 4 is 34.4 Å². The van der Waals surface area contributed by atoms with Gasteiger partial charge in [0.15, 0.2) is 11.2 Å². The number of carbonyl (C=O) groups is 1. The molecule has 0 aromatic heterocycles. The average Bonchev–Trinajstić information content (AvgIpc) is 3.17. The molecule has 0 aliphatic carbocycles. The molecule has 2 heterocycles. The van der Waals surface area contributed by atoms with E-state index >= 15 is 0 Å². The number of aliphatic imine (C=N–C) groups is 1. The number of rotatable bonds is 4. The lowest BCUT2D eigenvalue weighted by Gasteiger charge is -2.51. The second kappa shape index (κ2) is 9.06. The Balaban J connectivity index is 1.75. The number of aliphatic hydroxyl groups is 1. The third-order valence-electron chi connectivity index (χ3n) is 6.32. The highest BCUT2D eigenvalue weighted by molar-refractivity contribution is 8.14. The van der Waals surface area contributed by atoms with Crippen LogP contribution in [0.1, 0.15) is 39.7 Å². The first-order valence-electron chi connectivity index (χ1n) is 10.6. The van der Waals surface area contributed by atoms with E-state index in [0.29, 0.717) is 24.5 Å². The lowest BCUT2D eigenvalue weighted by atomic mass is 9.66. The molecule has 0 spiro atoms. The van der Waals surface area contributed by atoms with Crippen molar-refractivity contribution in [2.75, 3.05) is 18.8 Å². The summed E-state index contributed by atoms with van der Waals surface area (Å²) < 4.78 is 38.8. The normalized spacial score (nSPS) is 26.8. The summed E-state index contributed by atoms with van der Waals surface area (Å²) >= 11 is 6.97. The summed E-state index contributed by atoms with van der Waals surface area (Å²) in [6, 6.07) is 4.61. The summed E-state index contributed by atoms with van der Waals surface area (Å²) in [4.78, 5) is 18.8. The molecule has 3 rings (SSSR count). The fourth-order valence-corrected chi connectivity index (χ4v) is 5.35. The van der Waals surface area contributed by atoms with Crippen LogP contribution in [-0.2, 0) is 10.4 Å². The van der Waals surface area contributed by atoms with E-state index in [1.54, 1.807) is 29.2 Å². The van der Waals surface area contributed by atoms with Gasteiger partial charge in [0, 0.05) is 29.3 Å². The number of benzene rings is 1. The molecule has 1 aromatic rings. The highest BCUT2D eigenvalue weighted by Gasteiger charge is 2.50. The Bertz CT molecular complexity index is 876. The summed E-state index contributed by atoms with van der Waals surface area (Å²) in [5.74, 6) is -0.545. The minimum atomic E-state index is -4.39. The van der Waals surface area contributed by atoms with E-state index in [2.05, 4.69) is 10.3 Å². The third-order valence-corrected chi connectivity index (χ3v) is 7.55. The van der Waals surface area contributed by atoms with Gasteiger partial charge in [-0.3, -0.25) is 4.79 Å². The first kappa shape index (κ1) is 25.2. The number of nitrogens with one attached hydrogen (secondary N) is 1. The summed E-state index contributed by atoms with van der Waals surface area (Å²) in [5.41, 5.74) is -1.05. The fourth-order valence-electron chi connectivity index (χ4n) is 4.23. The molecule has 2 aliphatic heterocycles. The topological polar surface area (TPSA) is 64.9 Å². The van der Waals surface area contributed by atoms with Crippen LogP contribution in [0.5, 0.6) is 0 Å². The maximum atomic E-state index is 13.4. The second-order valence-corrected chi connectivity index (χ2v) is 10.9. The number of amides is 1. The Labute approximate surface area is 195 Å². The van der Waals surface area contributed by atoms with E-state index in [-0.39, 0.29) is 22.7 Å². The van der Waals surface area contributed by atoms with Crippen molar-refractivity contribution < 1.29 is 23.1 Å². The monoisotopic (exact) mass is 491 g/mol. The largest absolute Gasteiger partial charge is 0.411 e. The van der Waals surface area contributed by atoms with Crippen LogP contribution in [0.15, 0.2) is 29.3 Å². The number of nitrogens with zero attached hydrogens (tertiary/aromatic N) is 2. The van der Waals surface area contributed by atoms with Gasteiger partial charge in [-0.1, -0.05) is 63.2 Å². The van der Waals surface area contributed by atoms with Gasteiger partial charge in [-0.15, -0.1) is 0 Å². The predicted molar refractivity (Wildman–Crippen MR) is 122 cm³/mol. The van der Waals surface area contributed by atoms with Gasteiger partial charge >= 0.3 is 6.18 Å². The molecule has 32 heavy (non-hydrogen) atoms. The smallest absolute Gasteiger partial charge is 0.384 e. The Morgan fingerprint density at radius 3 is 2.44 bits per heavy atom. The minimum Gasteiger partial charge on any atom is -0.384 e. The summed E-state index contributed by atoms with van der Waals surface area (Å²) in [5, 5.41) is 15.2. The lowest BCUT2D eigenvalue weighted by molar-refractivity contribution is -0.155. The van der Waals surface area contributed by atoms with Gasteiger partial charge in [0.2, 0.25) is 5.91 Å². The molecule has 0 radical (unpaired) electrons. The number of thioether (sulfide) groups is 1. The molecular weight excluding hydrogens is 463 g/mol. The number of hydrogen-bond acceptors (Lipinski definition) is 5. The van der Waals surface area contributed by atoms with Gasteiger partial charge in [-0.05, 0) is 30.0 Å². The van der Waals surface area contributed by atoms with Crippen LogP contribution >= 0.6 is 23.4 Å². The highest BCUT2D eigenvalue weighted by Crippen LogP contribution is 2.46. The molecule has 1 unspecified atom stereocenters. The van der Waals surface area contributed by atoms with Crippen LogP contribution in [0.2, 0.25) is 5.02 Å². The minimum absolute atomic E-state index is 0.147. The zero-order valence-corrected chi connectivity index (χ0v) is 20.1. The van der Waals surface area contributed by atoms with Crippen molar-refractivity contribution in [2.45, 2.75) is 58.0 Å². The quantitative estimate of drug-likeness (QED) is 0.654. The molecule has 10 heteroatoms. The zero-order chi connectivity index (χ0) is 23.9. The van der Waals surface area contributed by atoms with E-state index in [1.165, 1.54) is 0 Å². The first-order valence-corrected chi connectivity index (χ1v) is 11.9. The SMILES string of the molecule is CC(C)[C@@H](NC1=NC(C(F)(F)F)CS1)C(=O)N1CC[C@](O)(c2ccc(Cl)cc2)C(C)(C)C1. The number of piperidine rings is 1. The standard InChI is InChI=1S/C22H29ClF3N3O2S/c1-13(2)17(28-19-27-16(11-32-19)22(24,25)26)18(30)29-10-9-21(31,20(3,4)12-29)14-5-7-15(23)8-6-14/h5-8,13,16-17,31H,9-12H2,1-4H3,(H,27,28)/t16?,17-,21+/m1/s1. The predicted octanol–water partition coefficient (Wildman–Crippen LogP) is 4.43. The maximum absolute atomic E-state index is 13.4. The van der Waals surface area contributed by atoms with Crippen molar-refractivity contribution in [3.8, 4) is 0 Å². The molecule has 2 N–H and O–H groups in total. The van der Waals surface area contributed by atoms with Crippen molar-refractivity contribution in [3.63, 3.8) is 0 Å². The Morgan fingerprint density at radius 2 is 1.94 bits per heavy atom. The molecule has 3 atom stereocenters. The highest BCUT2D eigenvalue weighted by atomic mass is 35.5. The van der Waals surface area contributed by atoms with Gasteiger partial charge in [0.05, 0.1) is 5.60 Å². The zero-order valence-electron chi connectivity index (χ0n) is 18.5. The molecule has 178 valence electrons. The summed E-state index contributed by atoms with van der Waals surface area (Å²) in [7, 11) is 0. The maximum Gasteiger partial charge on any atom is 0.411 e. The molecule has 0 saturated carbocycles. The van der Waals surface area contributed by atoms with Crippen LogP contribution in [0.3, 0.4) is 0 Å². The number of halogens is 4. The van der Waals surface area contributed by atoms with Crippen LogP contribution in [0, 0.1) is 11.3 Å². The molecule has 1 aromatic carbocycles. The number of amidine groups is 1. The number of likely N-dealkylation sites (tertiary alicyclic amines) is 1. The molecule has 2 aliphatic rings. The Kier molecular flexibility index (Phi) is 7.13. The van der Waals surface area contributed by atoms with E-state index in [1.807, 2.05) is 27.7 Å². The number of alkyl halides is 3. The Morgan fingerprint density at radius 1 is 1.31 bits per heavy atom. The third kappa shape index (κ3) is 5.04.